The van der Waals surface area contributed by atoms with Gasteiger partial charge in [-0.3, -0.25) is 4.79 Å². The highest BCUT2D eigenvalue weighted by molar-refractivity contribution is 6.10. The van der Waals surface area contributed by atoms with Crippen molar-refractivity contribution < 1.29 is 4.79 Å². The Bertz CT molecular complexity index is 841. The zero-order chi connectivity index (χ0) is 15.9. The summed E-state index contributed by atoms with van der Waals surface area (Å²) in [6.07, 6.45) is 2.13. The van der Waals surface area contributed by atoms with Crippen molar-refractivity contribution in [3.63, 3.8) is 0 Å². The van der Waals surface area contributed by atoms with Crippen molar-refractivity contribution in [2.75, 3.05) is 13.6 Å². The predicted molar refractivity (Wildman–Crippen MR) is 91.3 cm³/mol. The van der Waals surface area contributed by atoms with Crippen LogP contribution in [0, 0.1) is 0 Å². The second-order valence-corrected chi connectivity index (χ2v) is 5.98. The summed E-state index contributed by atoms with van der Waals surface area (Å²) < 4.78 is 4.19. The minimum absolute atomic E-state index is 0.0937. The number of hydrogen-bond donors (Lipinski definition) is 0. The van der Waals surface area contributed by atoms with Gasteiger partial charge in [-0.25, -0.2) is 0 Å². The van der Waals surface area contributed by atoms with Crippen LogP contribution in [0.5, 0.6) is 0 Å². The SMILES string of the molecule is CCCCN(C)C(=O)c1cc2c(c3ccccc3n2C)n1C. The molecule has 4 nitrogen and oxygen atoms in total. The highest BCUT2D eigenvalue weighted by Gasteiger charge is 2.20. The highest BCUT2D eigenvalue weighted by Crippen LogP contribution is 2.30. The normalized spacial score (nSPS) is 11.5. The molecule has 0 aliphatic heterocycles. The Morgan fingerprint density at radius 3 is 2.59 bits per heavy atom. The van der Waals surface area contributed by atoms with Crippen LogP contribution < -0.4 is 0 Å². The molecule has 3 aromatic rings. The number of rotatable bonds is 4. The molecule has 0 unspecified atom stereocenters. The average Bonchev–Trinajstić information content (AvgIpc) is 3.01. The van der Waals surface area contributed by atoms with E-state index in [1.54, 1.807) is 0 Å². The summed E-state index contributed by atoms with van der Waals surface area (Å²) in [7, 11) is 5.92. The predicted octanol–water partition coefficient (Wildman–Crippen LogP) is 3.54. The molecule has 2 heterocycles. The monoisotopic (exact) mass is 297 g/mol. The molecule has 1 aromatic carbocycles. The Morgan fingerprint density at radius 2 is 1.86 bits per heavy atom. The Hall–Kier alpha value is -2.23. The van der Waals surface area contributed by atoms with Crippen LogP contribution in [-0.2, 0) is 14.1 Å². The van der Waals surface area contributed by atoms with Crippen LogP contribution >= 0.6 is 0 Å². The van der Waals surface area contributed by atoms with Gasteiger partial charge in [-0.1, -0.05) is 31.5 Å². The van der Waals surface area contributed by atoms with Gasteiger partial charge in [-0.05, 0) is 18.6 Å². The summed E-state index contributed by atoms with van der Waals surface area (Å²) in [4.78, 5) is 14.5. The fourth-order valence-electron chi connectivity index (χ4n) is 3.16. The lowest BCUT2D eigenvalue weighted by atomic mass is 10.2. The molecule has 1 amide bonds. The Kier molecular flexibility index (Phi) is 3.69. The van der Waals surface area contributed by atoms with Crippen molar-refractivity contribution >= 4 is 27.8 Å². The fraction of sp³-hybridized carbons (Fsp3) is 0.389. The smallest absolute Gasteiger partial charge is 0.270 e. The number of carbonyl (C=O) groups is 1. The molecule has 0 bridgehead atoms. The number of nitrogens with zero attached hydrogens (tertiary/aromatic N) is 3. The van der Waals surface area contributed by atoms with E-state index in [0.29, 0.717) is 0 Å². The molecule has 0 atom stereocenters. The molecule has 0 saturated carbocycles. The van der Waals surface area contributed by atoms with E-state index in [4.69, 9.17) is 0 Å². The molecular formula is C18H23N3O. The Labute approximate surface area is 130 Å². The van der Waals surface area contributed by atoms with E-state index in [0.717, 1.165) is 36.1 Å². The number of benzene rings is 1. The topological polar surface area (TPSA) is 30.2 Å². The zero-order valence-corrected chi connectivity index (χ0v) is 13.8. The van der Waals surface area contributed by atoms with Crippen LogP contribution in [0.2, 0.25) is 0 Å². The van der Waals surface area contributed by atoms with Gasteiger partial charge in [0.05, 0.1) is 16.6 Å². The van der Waals surface area contributed by atoms with Gasteiger partial charge < -0.3 is 14.0 Å². The molecule has 2 aromatic heterocycles. The lowest BCUT2D eigenvalue weighted by Crippen LogP contribution is -2.29. The number of unbranched alkanes of at least 4 members (excludes halogenated alkanes) is 1. The second-order valence-electron chi connectivity index (χ2n) is 5.98. The van der Waals surface area contributed by atoms with Crippen molar-refractivity contribution in [3.05, 3.63) is 36.0 Å². The average molecular weight is 297 g/mol. The first-order chi connectivity index (χ1) is 10.6. The van der Waals surface area contributed by atoms with E-state index in [9.17, 15) is 4.79 Å². The van der Waals surface area contributed by atoms with Gasteiger partial charge in [0.2, 0.25) is 0 Å². The number of hydrogen-bond acceptors (Lipinski definition) is 1. The summed E-state index contributed by atoms with van der Waals surface area (Å²) in [6, 6.07) is 10.3. The third-order valence-electron chi connectivity index (χ3n) is 4.51. The third kappa shape index (κ3) is 2.10. The molecule has 4 heteroatoms. The molecule has 0 saturated heterocycles. The van der Waals surface area contributed by atoms with Crippen LogP contribution in [0.3, 0.4) is 0 Å². The lowest BCUT2D eigenvalue weighted by molar-refractivity contribution is 0.0784. The third-order valence-corrected chi connectivity index (χ3v) is 4.51. The maximum absolute atomic E-state index is 12.7. The van der Waals surface area contributed by atoms with Gasteiger partial charge in [0, 0.05) is 33.1 Å². The first-order valence-corrected chi connectivity index (χ1v) is 7.84. The van der Waals surface area contributed by atoms with Crippen molar-refractivity contribution in [1.82, 2.24) is 14.0 Å². The van der Waals surface area contributed by atoms with Crippen molar-refractivity contribution in [1.29, 1.82) is 0 Å². The van der Waals surface area contributed by atoms with E-state index < -0.39 is 0 Å². The Morgan fingerprint density at radius 1 is 1.14 bits per heavy atom. The van der Waals surface area contributed by atoms with Crippen molar-refractivity contribution in [2.24, 2.45) is 14.1 Å². The number of fused-ring (bicyclic) bond motifs is 3. The molecule has 0 aliphatic rings. The molecule has 0 aliphatic carbocycles. The fourth-order valence-corrected chi connectivity index (χ4v) is 3.16. The molecule has 0 radical (unpaired) electrons. The van der Waals surface area contributed by atoms with Gasteiger partial charge >= 0.3 is 0 Å². The van der Waals surface area contributed by atoms with E-state index in [1.165, 1.54) is 10.9 Å². The van der Waals surface area contributed by atoms with Crippen LogP contribution in [0.15, 0.2) is 30.3 Å². The lowest BCUT2D eigenvalue weighted by Gasteiger charge is -2.17. The van der Waals surface area contributed by atoms with E-state index in [2.05, 4.69) is 30.7 Å². The van der Waals surface area contributed by atoms with Gasteiger partial charge in [-0.15, -0.1) is 0 Å². The van der Waals surface area contributed by atoms with E-state index in [-0.39, 0.29) is 5.91 Å². The molecule has 0 spiro atoms. The van der Waals surface area contributed by atoms with Crippen LogP contribution in [0.1, 0.15) is 30.3 Å². The Balaban J connectivity index is 2.11. The summed E-state index contributed by atoms with van der Waals surface area (Å²) >= 11 is 0. The number of aromatic nitrogens is 2. The van der Waals surface area contributed by atoms with Crippen LogP contribution in [-0.4, -0.2) is 33.5 Å². The number of aryl methyl sites for hydroxylation is 2. The molecule has 3 rings (SSSR count). The first kappa shape index (κ1) is 14.7. The minimum Gasteiger partial charge on any atom is -0.342 e. The highest BCUT2D eigenvalue weighted by atomic mass is 16.2. The van der Waals surface area contributed by atoms with Gasteiger partial charge in [0.25, 0.3) is 5.91 Å². The number of carbonyl (C=O) groups excluding carboxylic acids is 1. The molecule has 0 N–H and O–H groups in total. The van der Waals surface area contributed by atoms with E-state index in [1.807, 2.05) is 41.8 Å². The molecule has 0 fully saturated rings. The summed E-state index contributed by atoms with van der Waals surface area (Å²) in [5.74, 6) is 0.0937. The van der Waals surface area contributed by atoms with Crippen LogP contribution in [0.4, 0.5) is 0 Å². The first-order valence-electron chi connectivity index (χ1n) is 7.84. The van der Waals surface area contributed by atoms with Gasteiger partial charge in [0.15, 0.2) is 0 Å². The summed E-state index contributed by atoms with van der Waals surface area (Å²) in [5.41, 5.74) is 4.19. The molecular weight excluding hydrogens is 274 g/mol. The number of para-hydroxylation sites is 1. The van der Waals surface area contributed by atoms with Crippen molar-refractivity contribution in [3.8, 4) is 0 Å². The van der Waals surface area contributed by atoms with Crippen LogP contribution in [0.25, 0.3) is 21.9 Å². The van der Waals surface area contributed by atoms with Crippen molar-refractivity contribution in [2.45, 2.75) is 19.8 Å². The largest absolute Gasteiger partial charge is 0.342 e. The van der Waals surface area contributed by atoms with Gasteiger partial charge in [0.1, 0.15) is 5.69 Å². The molecule has 116 valence electrons. The summed E-state index contributed by atoms with van der Waals surface area (Å²) in [6.45, 7) is 2.94. The minimum atomic E-state index is 0.0937. The second kappa shape index (κ2) is 5.52. The van der Waals surface area contributed by atoms with E-state index >= 15 is 0 Å². The standard InChI is InChI=1S/C18H23N3O/c1-5-6-11-19(2)18(22)16-12-15-17(21(16)4)13-9-7-8-10-14(13)20(15)3/h7-10,12H,5-6,11H2,1-4H3. The zero-order valence-electron chi connectivity index (χ0n) is 13.8. The maximum atomic E-state index is 12.7. The summed E-state index contributed by atoms with van der Waals surface area (Å²) in [5, 5.41) is 1.19. The molecule has 22 heavy (non-hydrogen) atoms. The number of amides is 1. The quantitative estimate of drug-likeness (QED) is 0.724. The maximum Gasteiger partial charge on any atom is 0.270 e. The van der Waals surface area contributed by atoms with Gasteiger partial charge in [-0.2, -0.15) is 0 Å².